The quantitative estimate of drug-likeness (QED) is 0.206. The molecule has 0 saturated carbocycles. The molecule has 2 nitrogen and oxygen atoms in total. The van der Waals surface area contributed by atoms with E-state index in [9.17, 15) is 0 Å². The van der Waals surface area contributed by atoms with Gasteiger partial charge in [0, 0.05) is 22.5 Å². The van der Waals surface area contributed by atoms with E-state index in [4.69, 9.17) is 4.98 Å². The van der Waals surface area contributed by atoms with E-state index in [1.165, 1.54) is 43.8 Å². The molecule has 0 fully saturated rings. The highest BCUT2D eigenvalue weighted by Crippen LogP contribution is 2.38. The maximum absolute atomic E-state index is 5.24. The molecule has 0 radical (unpaired) electrons. The van der Waals surface area contributed by atoms with Gasteiger partial charge < -0.3 is 0 Å². The van der Waals surface area contributed by atoms with Gasteiger partial charge in [-0.25, -0.2) is 4.98 Å². The summed E-state index contributed by atoms with van der Waals surface area (Å²) in [7, 11) is 0. The third-order valence-electron chi connectivity index (χ3n) is 9.07. The zero-order chi connectivity index (χ0) is 30.5. The number of rotatable bonds is 4. The second-order valence-corrected chi connectivity index (χ2v) is 11.9. The molecule has 7 aromatic carbocycles. The van der Waals surface area contributed by atoms with Gasteiger partial charge in [-0.2, -0.15) is 0 Å². The van der Waals surface area contributed by atoms with Crippen molar-refractivity contribution in [3.8, 4) is 44.6 Å². The minimum atomic E-state index is 0.964. The average Bonchev–Trinajstić information content (AvgIpc) is 3.13. The molecule has 0 bridgehead atoms. The van der Waals surface area contributed by atoms with Gasteiger partial charge in [0.05, 0.1) is 16.7 Å². The van der Waals surface area contributed by atoms with E-state index in [0.717, 1.165) is 44.2 Å². The molecule has 2 aromatic heterocycles. The molecule has 0 atom stereocenters. The normalized spacial score (nSPS) is 11.5. The molecule has 0 aliphatic rings. The highest BCUT2D eigenvalue weighted by atomic mass is 14.7. The number of aromatic nitrogens is 2. The fraction of sp³-hybridized carbons (Fsp3) is 0. The highest BCUT2D eigenvalue weighted by Gasteiger charge is 2.14. The third kappa shape index (κ3) is 4.60. The smallest absolute Gasteiger partial charge is 0.0716 e. The van der Waals surface area contributed by atoms with Crippen LogP contribution in [-0.4, -0.2) is 9.97 Å². The van der Waals surface area contributed by atoms with Crippen molar-refractivity contribution in [2.24, 2.45) is 0 Å². The van der Waals surface area contributed by atoms with E-state index >= 15 is 0 Å². The Morgan fingerprint density at radius 1 is 0.326 bits per heavy atom. The van der Waals surface area contributed by atoms with Crippen molar-refractivity contribution in [2.75, 3.05) is 0 Å². The predicted molar refractivity (Wildman–Crippen MR) is 194 cm³/mol. The summed E-state index contributed by atoms with van der Waals surface area (Å²) < 4.78 is 0. The van der Waals surface area contributed by atoms with Crippen molar-refractivity contribution >= 4 is 43.4 Å². The Balaban J connectivity index is 1.26. The van der Waals surface area contributed by atoms with Gasteiger partial charge in [0.2, 0.25) is 0 Å². The lowest BCUT2D eigenvalue weighted by atomic mass is 9.92. The summed E-state index contributed by atoms with van der Waals surface area (Å²) >= 11 is 0. The second-order valence-electron chi connectivity index (χ2n) is 11.9. The molecular weight excluding hydrogens is 556 g/mol. The number of nitrogens with zero attached hydrogens (tertiary/aromatic N) is 2. The SMILES string of the molecule is c1cc(-c2ccnc3ccccc23)cc(-c2cc(-c3ccc4ccccc4c3)nc3ccc(-c4ccc5ccccc5c4)cc23)c1. The number of pyridine rings is 2. The van der Waals surface area contributed by atoms with Gasteiger partial charge in [-0.15, -0.1) is 0 Å². The number of benzene rings is 7. The summed E-state index contributed by atoms with van der Waals surface area (Å²) in [6, 6.07) is 58.6. The van der Waals surface area contributed by atoms with E-state index in [1.54, 1.807) is 0 Å². The standard InChI is InChI=1S/C44H28N2/c1-3-10-31-24-33(18-16-29(31)8-1)34-20-21-43-41(27-34)40(28-44(46-43)37-19-17-30-9-2-4-11-32(30)25-37)36-13-7-12-35(26-36)38-22-23-45-42-15-6-5-14-39(38)42/h1-28H. The van der Waals surface area contributed by atoms with E-state index < -0.39 is 0 Å². The molecule has 214 valence electrons. The first-order chi connectivity index (χ1) is 22.8. The van der Waals surface area contributed by atoms with Gasteiger partial charge >= 0.3 is 0 Å². The van der Waals surface area contributed by atoms with Crippen LogP contribution in [0.1, 0.15) is 0 Å². The van der Waals surface area contributed by atoms with Crippen LogP contribution >= 0.6 is 0 Å². The molecule has 0 amide bonds. The summed E-state index contributed by atoms with van der Waals surface area (Å²) in [5.41, 5.74) is 11.1. The van der Waals surface area contributed by atoms with Crippen LogP contribution in [0, 0.1) is 0 Å². The first kappa shape index (κ1) is 26.3. The Hall–Kier alpha value is -6.12. The molecule has 2 heterocycles. The lowest BCUT2D eigenvalue weighted by Crippen LogP contribution is -1.92. The van der Waals surface area contributed by atoms with E-state index in [0.29, 0.717) is 0 Å². The Labute approximate surface area is 267 Å². The summed E-state index contributed by atoms with van der Waals surface area (Å²) in [5, 5.41) is 7.20. The maximum Gasteiger partial charge on any atom is 0.0716 e. The van der Waals surface area contributed by atoms with Crippen LogP contribution in [0.15, 0.2) is 170 Å². The molecule has 0 unspecified atom stereocenters. The van der Waals surface area contributed by atoms with Crippen LogP contribution in [0.25, 0.3) is 88.0 Å². The maximum atomic E-state index is 5.24. The molecule has 0 saturated heterocycles. The van der Waals surface area contributed by atoms with Crippen molar-refractivity contribution in [1.82, 2.24) is 9.97 Å². The first-order valence-corrected chi connectivity index (χ1v) is 15.6. The van der Waals surface area contributed by atoms with Crippen molar-refractivity contribution in [2.45, 2.75) is 0 Å². The number of hydrogen-bond donors (Lipinski definition) is 0. The van der Waals surface area contributed by atoms with Gasteiger partial charge in [0.1, 0.15) is 0 Å². The lowest BCUT2D eigenvalue weighted by Gasteiger charge is -2.14. The van der Waals surface area contributed by atoms with Gasteiger partial charge in [0.15, 0.2) is 0 Å². The van der Waals surface area contributed by atoms with Crippen LogP contribution in [0.2, 0.25) is 0 Å². The summed E-state index contributed by atoms with van der Waals surface area (Å²) in [4.78, 5) is 9.84. The monoisotopic (exact) mass is 584 g/mol. The first-order valence-electron chi connectivity index (χ1n) is 15.6. The van der Waals surface area contributed by atoms with Crippen LogP contribution in [0.4, 0.5) is 0 Å². The summed E-state index contributed by atoms with van der Waals surface area (Å²) in [6.45, 7) is 0. The molecule has 0 N–H and O–H groups in total. The Kier molecular flexibility index (Phi) is 6.17. The van der Waals surface area contributed by atoms with E-state index in [2.05, 4.69) is 163 Å². The van der Waals surface area contributed by atoms with Crippen molar-refractivity contribution in [3.05, 3.63) is 170 Å². The van der Waals surface area contributed by atoms with Crippen molar-refractivity contribution in [1.29, 1.82) is 0 Å². The van der Waals surface area contributed by atoms with Crippen molar-refractivity contribution in [3.63, 3.8) is 0 Å². The number of fused-ring (bicyclic) bond motifs is 4. The van der Waals surface area contributed by atoms with Crippen molar-refractivity contribution < 1.29 is 0 Å². The van der Waals surface area contributed by atoms with Gasteiger partial charge in [-0.1, -0.05) is 115 Å². The molecule has 46 heavy (non-hydrogen) atoms. The zero-order valence-electron chi connectivity index (χ0n) is 25.1. The number of hydrogen-bond acceptors (Lipinski definition) is 2. The summed E-state index contributed by atoms with van der Waals surface area (Å²) in [5.74, 6) is 0. The third-order valence-corrected chi connectivity index (χ3v) is 9.07. The van der Waals surface area contributed by atoms with Crippen LogP contribution < -0.4 is 0 Å². The fourth-order valence-corrected chi connectivity index (χ4v) is 6.71. The van der Waals surface area contributed by atoms with Crippen LogP contribution in [0.3, 0.4) is 0 Å². The minimum absolute atomic E-state index is 0.964. The Morgan fingerprint density at radius 2 is 0.957 bits per heavy atom. The molecule has 0 aliphatic carbocycles. The molecule has 2 heteroatoms. The molecule has 0 aliphatic heterocycles. The van der Waals surface area contributed by atoms with Gasteiger partial charge in [-0.3, -0.25) is 4.98 Å². The Morgan fingerprint density at radius 3 is 1.76 bits per heavy atom. The van der Waals surface area contributed by atoms with Gasteiger partial charge in [0.25, 0.3) is 0 Å². The number of para-hydroxylation sites is 1. The molecule has 9 rings (SSSR count). The topological polar surface area (TPSA) is 25.8 Å². The average molecular weight is 585 g/mol. The fourth-order valence-electron chi connectivity index (χ4n) is 6.71. The molecular formula is C44H28N2. The van der Waals surface area contributed by atoms with Gasteiger partial charge in [-0.05, 0) is 103 Å². The second kappa shape index (κ2) is 10.8. The minimum Gasteiger partial charge on any atom is -0.256 e. The molecule has 0 spiro atoms. The zero-order valence-corrected chi connectivity index (χ0v) is 25.1. The lowest BCUT2D eigenvalue weighted by molar-refractivity contribution is 1.40. The highest BCUT2D eigenvalue weighted by molar-refractivity contribution is 6.02. The summed E-state index contributed by atoms with van der Waals surface area (Å²) in [6.07, 6.45) is 1.90. The molecule has 9 aromatic rings. The van der Waals surface area contributed by atoms with Crippen LogP contribution in [0.5, 0.6) is 0 Å². The van der Waals surface area contributed by atoms with E-state index in [1.807, 2.05) is 12.3 Å². The van der Waals surface area contributed by atoms with Crippen LogP contribution in [-0.2, 0) is 0 Å². The van der Waals surface area contributed by atoms with E-state index in [-0.39, 0.29) is 0 Å². The largest absolute Gasteiger partial charge is 0.256 e. The Bertz CT molecular complexity index is 2590. The predicted octanol–water partition coefficient (Wildman–Crippen LogP) is 11.8.